The van der Waals surface area contributed by atoms with Gasteiger partial charge in [-0.3, -0.25) is 4.79 Å². The van der Waals surface area contributed by atoms with Gasteiger partial charge in [0, 0.05) is 11.6 Å². The minimum Gasteiger partial charge on any atom is -0.492 e. The third-order valence-corrected chi connectivity index (χ3v) is 5.32. The lowest BCUT2D eigenvalue weighted by molar-refractivity contribution is -0.120. The van der Waals surface area contributed by atoms with Crippen LogP contribution in [0.4, 0.5) is 0 Å². The highest BCUT2D eigenvalue weighted by Gasteiger charge is 2.12. The first kappa shape index (κ1) is 19.7. The molecule has 0 aliphatic carbocycles. The van der Waals surface area contributed by atoms with Gasteiger partial charge in [-0.2, -0.15) is 4.99 Å². The number of halogens is 2. The first-order valence-electron chi connectivity index (χ1n) is 8.44. The fourth-order valence-corrected chi connectivity index (χ4v) is 4.21. The van der Waals surface area contributed by atoms with E-state index in [0.29, 0.717) is 33.7 Å². The van der Waals surface area contributed by atoms with Gasteiger partial charge < -0.3 is 14.0 Å². The molecule has 3 rings (SSSR count). The number of fused-ring (bicyclic) bond motifs is 1. The second-order valence-corrected chi connectivity index (χ2v) is 7.39. The molecular formula is C19H18Cl2N2O3S. The zero-order valence-corrected chi connectivity index (χ0v) is 17.2. The van der Waals surface area contributed by atoms with E-state index in [9.17, 15) is 4.79 Å². The Balaban J connectivity index is 1.88. The number of benzene rings is 2. The molecule has 0 aliphatic rings. The average Bonchev–Trinajstić information content (AvgIpc) is 2.99. The summed E-state index contributed by atoms with van der Waals surface area (Å²) in [7, 11) is 0. The second kappa shape index (κ2) is 8.78. The number of hydrogen-bond donors (Lipinski definition) is 0. The fraction of sp³-hybridized carbons (Fsp3) is 0.263. The SMILES string of the molecule is CCOc1cccc2sc(=NC(=O)COc3ccc(Cl)cc3Cl)n(CC)c12. The summed E-state index contributed by atoms with van der Waals surface area (Å²) in [6.45, 7) is 4.97. The summed E-state index contributed by atoms with van der Waals surface area (Å²) in [5.74, 6) is 0.780. The number of aromatic nitrogens is 1. The van der Waals surface area contributed by atoms with Gasteiger partial charge >= 0.3 is 0 Å². The van der Waals surface area contributed by atoms with Crippen molar-refractivity contribution in [3.8, 4) is 11.5 Å². The van der Waals surface area contributed by atoms with Gasteiger partial charge in [0.25, 0.3) is 5.91 Å². The molecule has 8 heteroatoms. The van der Waals surface area contributed by atoms with Crippen molar-refractivity contribution < 1.29 is 14.3 Å². The number of amides is 1. The average molecular weight is 425 g/mol. The number of para-hydroxylation sites is 1. The minimum atomic E-state index is -0.396. The van der Waals surface area contributed by atoms with E-state index in [4.69, 9.17) is 32.7 Å². The molecular weight excluding hydrogens is 407 g/mol. The van der Waals surface area contributed by atoms with Crippen molar-refractivity contribution in [2.45, 2.75) is 20.4 Å². The van der Waals surface area contributed by atoms with Crippen LogP contribution in [-0.2, 0) is 11.3 Å². The molecule has 3 aromatic rings. The Morgan fingerprint density at radius 2 is 1.96 bits per heavy atom. The molecule has 0 aliphatic heterocycles. The van der Waals surface area contributed by atoms with E-state index >= 15 is 0 Å². The highest BCUT2D eigenvalue weighted by molar-refractivity contribution is 7.16. The Morgan fingerprint density at radius 3 is 2.67 bits per heavy atom. The summed E-state index contributed by atoms with van der Waals surface area (Å²) in [6, 6.07) is 10.7. The van der Waals surface area contributed by atoms with Gasteiger partial charge in [0.1, 0.15) is 17.0 Å². The van der Waals surface area contributed by atoms with Gasteiger partial charge in [-0.15, -0.1) is 0 Å². The fourth-order valence-electron chi connectivity index (χ4n) is 2.62. The predicted molar refractivity (Wildman–Crippen MR) is 109 cm³/mol. The lowest BCUT2D eigenvalue weighted by atomic mass is 10.3. The minimum absolute atomic E-state index is 0.211. The molecule has 0 atom stereocenters. The summed E-state index contributed by atoms with van der Waals surface area (Å²) < 4.78 is 14.2. The molecule has 0 unspecified atom stereocenters. The summed E-state index contributed by atoms with van der Waals surface area (Å²) >= 11 is 13.4. The Hall–Kier alpha value is -2.02. The van der Waals surface area contributed by atoms with E-state index in [1.165, 1.54) is 11.3 Å². The molecule has 0 bridgehead atoms. The second-order valence-electron chi connectivity index (χ2n) is 5.53. The van der Waals surface area contributed by atoms with Crippen molar-refractivity contribution in [1.29, 1.82) is 0 Å². The first-order chi connectivity index (χ1) is 13.0. The third-order valence-electron chi connectivity index (χ3n) is 3.75. The van der Waals surface area contributed by atoms with Crippen molar-refractivity contribution >= 4 is 50.7 Å². The molecule has 0 radical (unpaired) electrons. The van der Waals surface area contributed by atoms with Crippen molar-refractivity contribution in [3.05, 3.63) is 51.2 Å². The number of carbonyl (C=O) groups is 1. The van der Waals surface area contributed by atoms with E-state index < -0.39 is 5.91 Å². The number of carbonyl (C=O) groups excluding carboxylic acids is 1. The molecule has 1 amide bonds. The molecule has 142 valence electrons. The van der Waals surface area contributed by atoms with Crippen LogP contribution >= 0.6 is 34.5 Å². The highest BCUT2D eigenvalue weighted by atomic mass is 35.5. The number of rotatable bonds is 6. The maximum Gasteiger partial charge on any atom is 0.286 e. The molecule has 0 spiro atoms. The van der Waals surface area contributed by atoms with Crippen LogP contribution in [0.2, 0.25) is 10.0 Å². The summed E-state index contributed by atoms with van der Waals surface area (Å²) in [5.41, 5.74) is 0.945. The molecule has 5 nitrogen and oxygen atoms in total. The lowest BCUT2D eigenvalue weighted by Gasteiger charge is -2.08. The molecule has 0 saturated heterocycles. The molecule has 2 aromatic carbocycles. The Kier molecular flexibility index (Phi) is 6.42. The van der Waals surface area contributed by atoms with Gasteiger partial charge in [0.05, 0.1) is 16.3 Å². The van der Waals surface area contributed by atoms with Crippen molar-refractivity contribution in [2.24, 2.45) is 4.99 Å². The largest absolute Gasteiger partial charge is 0.492 e. The van der Waals surface area contributed by atoms with Gasteiger partial charge in [-0.05, 0) is 44.2 Å². The maximum atomic E-state index is 12.3. The summed E-state index contributed by atoms with van der Waals surface area (Å²) in [5, 5.41) is 0.852. The predicted octanol–water partition coefficient (Wildman–Crippen LogP) is 4.93. The van der Waals surface area contributed by atoms with E-state index in [1.807, 2.05) is 36.6 Å². The van der Waals surface area contributed by atoms with Gasteiger partial charge in [-0.25, -0.2) is 0 Å². The standard InChI is InChI=1S/C19H18Cl2N2O3S/c1-3-23-18-15(25-4-2)6-5-7-16(18)27-19(23)22-17(24)11-26-14-9-8-12(20)10-13(14)21/h5-10H,3-4,11H2,1-2H3. The van der Waals surface area contributed by atoms with Crippen LogP contribution in [0.3, 0.4) is 0 Å². The van der Waals surface area contributed by atoms with E-state index in [2.05, 4.69) is 4.99 Å². The van der Waals surface area contributed by atoms with Crippen LogP contribution in [0.1, 0.15) is 13.8 Å². The molecule has 27 heavy (non-hydrogen) atoms. The first-order valence-corrected chi connectivity index (χ1v) is 10.0. The topological polar surface area (TPSA) is 52.8 Å². The van der Waals surface area contributed by atoms with E-state index in [1.54, 1.807) is 18.2 Å². The molecule has 1 heterocycles. The van der Waals surface area contributed by atoms with E-state index in [0.717, 1.165) is 16.0 Å². The highest BCUT2D eigenvalue weighted by Crippen LogP contribution is 2.28. The van der Waals surface area contributed by atoms with Crippen LogP contribution in [0.15, 0.2) is 41.4 Å². The van der Waals surface area contributed by atoms with Crippen molar-refractivity contribution in [2.75, 3.05) is 13.2 Å². The number of nitrogens with zero attached hydrogens (tertiary/aromatic N) is 2. The smallest absolute Gasteiger partial charge is 0.286 e. The van der Waals surface area contributed by atoms with E-state index in [-0.39, 0.29) is 6.61 Å². The summed E-state index contributed by atoms with van der Waals surface area (Å²) in [4.78, 5) is 17.2. The van der Waals surface area contributed by atoms with Crippen molar-refractivity contribution in [1.82, 2.24) is 4.57 Å². The normalized spacial score (nSPS) is 11.8. The lowest BCUT2D eigenvalue weighted by Crippen LogP contribution is -2.19. The molecule has 0 fully saturated rings. The van der Waals surface area contributed by atoms with Crippen LogP contribution in [0.5, 0.6) is 11.5 Å². The number of ether oxygens (including phenoxy) is 2. The zero-order valence-electron chi connectivity index (χ0n) is 14.9. The number of aryl methyl sites for hydroxylation is 1. The molecule has 0 N–H and O–H groups in total. The monoisotopic (exact) mass is 424 g/mol. The van der Waals surface area contributed by atoms with Crippen LogP contribution in [0, 0.1) is 0 Å². The van der Waals surface area contributed by atoms with Crippen LogP contribution in [-0.4, -0.2) is 23.7 Å². The van der Waals surface area contributed by atoms with Gasteiger partial charge in [-0.1, -0.05) is 40.6 Å². The molecule has 0 saturated carbocycles. The maximum absolute atomic E-state index is 12.3. The van der Waals surface area contributed by atoms with Crippen LogP contribution < -0.4 is 14.3 Å². The Bertz CT molecular complexity index is 1040. The number of hydrogen-bond acceptors (Lipinski definition) is 4. The molecule has 1 aromatic heterocycles. The zero-order chi connectivity index (χ0) is 19.4. The Labute approximate surface area is 170 Å². The quantitative estimate of drug-likeness (QED) is 0.563. The Morgan fingerprint density at radius 1 is 1.15 bits per heavy atom. The third kappa shape index (κ3) is 4.46. The number of thiazole rings is 1. The van der Waals surface area contributed by atoms with Crippen LogP contribution in [0.25, 0.3) is 10.2 Å². The summed E-state index contributed by atoms with van der Waals surface area (Å²) in [6.07, 6.45) is 0. The van der Waals surface area contributed by atoms with Gasteiger partial charge in [0.2, 0.25) is 0 Å². The van der Waals surface area contributed by atoms with Gasteiger partial charge in [0.15, 0.2) is 11.4 Å². The van der Waals surface area contributed by atoms with Crippen molar-refractivity contribution in [3.63, 3.8) is 0 Å².